The molecule has 0 amide bonds. The first kappa shape index (κ1) is 27.9. The Morgan fingerprint density at radius 2 is 1.67 bits per heavy atom. The van der Waals surface area contributed by atoms with Crippen LogP contribution in [-0.2, 0) is 9.53 Å². The van der Waals surface area contributed by atoms with Crippen LogP contribution in [0.2, 0.25) is 0 Å². The molecule has 4 aliphatic rings. The summed E-state index contributed by atoms with van der Waals surface area (Å²) in [6.07, 6.45) is 31.2. The zero-order valence-electron chi connectivity index (χ0n) is 36.8. The van der Waals surface area contributed by atoms with E-state index in [0.717, 1.165) is 44.9 Å². The Bertz CT molecular complexity index is 1180. The van der Waals surface area contributed by atoms with E-state index in [1.807, 2.05) is 0 Å². The molecule has 8 atom stereocenters. The van der Waals surface area contributed by atoms with E-state index in [1.54, 1.807) is 0 Å². The van der Waals surface area contributed by atoms with Gasteiger partial charge in [-0.15, -0.1) is 0 Å². The van der Waals surface area contributed by atoms with Gasteiger partial charge in [0.2, 0.25) is 0 Å². The number of carbonyl (C=O) groups excluding carboxylic acids is 1. The van der Waals surface area contributed by atoms with Gasteiger partial charge in [-0.2, -0.15) is 0 Å². The van der Waals surface area contributed by atoms with E-state index >= 15 is 0 Å². The molecule has 4 aliphatic carbocycles. The average molecular weight is 630 g/mol. The van der Waals surface area contributed by atoms with Gasteiger partial charge in [0.15, 0.2) is 0 Å². The maximum atomic E-state index is 12.8. The summed E-state index contributed by atoms with van der Waals surface area (Å²) in [5.74, 6) is 0.487. The van der Waals surface area contributed by atoms with E-state index < -0.39 is 19.6 Å². The molecule has 0 bridgehead atoms. The third-order valence-corrected chi connectivity index (χ3v) is 13.3. The Kier molecular flexibility index (Phi) is 11.1. The zero-order chi connectivity index (χ0) is 38.2. The maximum Gasteiger partial charge on any atom is 0.306 e. The predicted octanol–water partition coefficient (Wildman–Crippen LogP) is 13.2. The highest BCUT2D eigenvalue weighted by molar-refractivity contribution is 5.69. The number of unbranched alkanes of at least 4 members (excludes halogenated alkanes) is 9. The molecule has 258 valence electrons. The smallest absolute Gasteiger partial charge is 0.306 e. The van der Waals surface area contributed by atoms with Gasteiger partial charge in [-0.3, -0.25) is 4.79 Å². The molecule has 0 spiro atoms. The molecule has 0 aromatic carbocycles. The van der Waals surface area contributed by atoms with E-state index in [1.165, 1.54) is 89.0 Å². The topological polar surface area (TPSA) is 26.3 Å². The van der Waals surface area contributed by atoms with E-state index in [4.69, 9.17) is 14.3 Å². The molecule has 3 saturated carbocycles. The lowest BCUT2D eigenvalue weighted by Crippen LogP contribution is -2.51. The summed E-state index contributed by atoms with van der Waals surface area (Å²) in [6, 6.07) is 0. The fourth-order valence-corrected chi connectivity index (χ4v) is 10.7. The second kappa shape index (κ2) is 17.9. The first-order valence-electron chi connectivity index (χ1n) is 23.0. The lowest BCUT2D eigenvalue weighted by atomic mass is 9.47. The molecule has 3 fully saturated rings. The number of allylic oxidation sites excluding steroid dienone is 3. The van der Waals surface area contributed by atoms with E-state index in [9.17, 15) is 4.79 Å². The number of esters is 1. The Hall–Kier alpha value is -1.05. The van der Waals surface area contributed by atoms with E-state index in [0.29, 0.717) is 42.4 Å². The van der Waals surface area contributed by atoms with Gasteiger partial charge in [0.25, 0.3) is 0 Å². The number of ether oxygens (including phenoxy) is 1. The molecule has 0 aromatic rings. The second-order valence-corrected chi connectivity index (χ2v) is 16.3. The van der Waals surface area contributed by atoms with Gasteiger partial charge in [-0.05, 0) is 123 Å². The minimum absolute atomic E-state index is 0.0146. The number of rotatable bonds is 19. The van der Waals surface area contributed by atoms with Crippen molar-refractivity contribution in [3.63, 3.8) is 0 Å². The third kappa shape index (κ3) is 9.75. The van der Waals surface area contributed by atoms with Crippen LogP contribution in [0.3, 0.4) is 0 Å². The summed E-state index contributed by atoms with van der Waals surface area (Å²) in [5.41, 5.74) is 1.95. The highest BCUT2D eigenvalue weighted by Crippen LogP contribution is 2.67. The van der Waals surface area contributed by atoms with E-state index in [-0.39, 0.29) is 29.3 Å². The number of carbonyl (C=O) groups is 1. The number of fused-ring (bicyclic) bond motifs is 5. The fourth-order valence-electron chi connectivity index (χ4n) is 10.7. The van der Waals surface area contributed by atoms with Crippen molar-refractivity contribution in [2.75, 3.05) is 0 Å². The van der Waals surface area contributed by atoms with Crippen molar-refractivity contribution in [2.24, 2.45) is 46.3 Å². The molecule has 2 heteroatoms. The van der Waals surface area contributed by atoms with Gasteiger partial charge < -0.3 is 4.74 Å². The van der Waals surface area contributed by atoms with Crippen LogP contribution in [0.4, 0.5) is 0 Å². The lowest BCUT2D eigenvalue weighted by molar-refractivity contribution is -0.151. The summed E-state index contributed by atoms with van der Waals surface area (Å²) >= 11 is 0. The second-order valence-electron chi connectivity index (χ2n) is 16.3. The Labute approximate surface area is 290 Å². The molecule has 0 N–H and O–H groups in total. The minimum Gasteiger partial charge on any atom is -0.462 e. The van der Waals surface area contributed by atoms with Gasteiger partial charge in [0.1, 0.15) is 6.10 Å². The molecule has 0 radical (unpaired) electrons. The normalized spacial score (nSPS) is 36.6. The fraction of sp³-hybridized carbons (Fsp3) is 0.884. The van der Waals surface area contributed by atoms with Crippen LogP contribution in [0.15, 0.2) is 23.8 Å². The van der Waals surface area contributed by atoms with Crippen molar-refractivity contribution in [2.45, 2.75) is 195 Å². The van der Waals surface area contributed by atoms with Crippen molar-refractivity contribution in [1.29, 1.82) is 0 Å². The quantitative estimate of drug-likeness (QED) is 0.0807. The minimum atomic E-state index is -2.83. The predicted molar refractivity (Wildman–Crippen MR) is 193 cm³/mol. The molecule has 4 rings (SSSR count). The highest BCUT2D eigenvalue weighted by atomic mass is 16.5. The van der Waals surface area contributed by atoms with Crippen LogP contribution in [0.5, 0.6) is 0 Å². The number of hydrogen-bond donors (Lipinski definition) is 0. The standard InChI is InChI=1S/C43H74O2/c1-7-8-9-10-11-12-13-14-15-16-17-18-19-23-41(44)45-36-28-30-42(5)35(32-36)24-25-37-39-27-26-38(34(4)22-20-21-33(2)3)43(39,6)31-29-40(37)42/h12-13,24,33-34,36-40H,7-11,14-23,25-32H2,1-6H3/b13-12-/t34-,36+,37+,38-,39+,40+,42+,43-/m1/s1/i2D3,3D3,33D. The summed E-state index contributed by atoms with van der Waals surface area (Å²) < 4.78 is 61.2. The zero-order valence-corrected chi connectivity index (χ0v) is 29.8. The summed E-state index contributed by atoms with van der Waals surface area (Å²) in [6.45, 7) is 3.87. The van der Waals surface area contributed by atoms with Crippen LogP contribution < -0.4 is 0 Å². The molecule has 0 saturated heterocycles. The lowest BCUT2D eigenvalue weighted by Gasteiger charge is -2.58. The third-order valence-electron chi connectivity index (χ3n) is 13.3. The van der Waals surface area contributed by atoms with Gasteiger partial charge in [-0.25, -0.2) is 0 Å². The molecule has 0 unspecified atom stereocenters. The molecule has 0 aliphatic heterocycles. The van der Waals surface area contributed by atoms with Gasteiger partial charge >= 0.3 is 5.97 Å². The molecule has 0 aromatic heterocycles. The molecule has 45 heavy (non-hydrogen) atoms. The van der Waals surface area contributed by atoms with Crippen molar-refractivity contribution in [1.82, 2.24) is 0 Å². The van der Waals surface area contributed by atoms with Gasteiger partial charge in [0.05, 0.1) is 0 Å². The van der Waals surface area contributed by atoms with Crippen LogP contribution in [0.25, 0.3) is 0 Å². The highest BCUT2D eigenvalue weighted by Gasteiger charge is 2.59. The summed E-state index contributed by atoms with van der Waals surface area (Å²) in [5, 5.41) is 0. The van der Waals surface area contributed by atoms with Crippen LogP contribution >= 0.6 is 0 Å². The number of hydrogen-bond acceptors (Lipinski definition) is 2. The molecular formula is C43H74O2. The molecule has 0 heterocycles. The summed E-state index contributed by atoms with van der Waals surface area (Å²) in [7, 11) is 0. The Balaban J connectivity index is 1.20. The Morgan fingerprint density at radius 3 is 2.42 bits per heavy atom. The monoisotopic (exact) mass is 630 g/mol. The SMILES string of the molecule is [2H]C([2H])([2H])C([2H])(CCC[C@@H](C)[C@H]1CC[C@H]2[C@@H]3CC=C4C[C@@H](OC(=O)CCCCCCC/C=C\CCCCCC)CC[C@]4(C)[C@H]3CC[C@]12C)C([2H])([2H])[2H]. The van der Waals surface area contributed by atoms with Crippen LogP contribution in [0.1, 0.15) is 199 Å². The van der Waals surface area contributed by atoms with Gasteiger partial charge in [0, 0.05) is 22.4 Å². The average Bonchev–Trinajstić information content (AvgIpc) is 3.43. The van der Waals surface area contributed by atoms with Gasteiger partial charge in [-0.1, -0.05) is 123 Å². The van der Waals surface area contributed by atoms with Crippen molar-refractivity contribution in [3.05, 3.63) is 23.8 Å². The van der Waals surface area contributed by atoms with Crippen LogP contribution in [-0.4, -0.2) is 12.1 Å². The van der Waals surface area contributed by atoms with Crippen LogP contribution in [0, 0.1) is 46.3 Å². The van der Waals surface area contributed by atoms with Crippen molar-refractivity contribution in [3.8, 4) is 0 Å². The molecular weight excluding hydrogens is 548 g/mol. The van der Waals surface area contributed by atoms with Crippen molar-refractivity contribution >= 4 is 5.97 Å². The van der Waals surface area contributed by atoms with E-state index in [2.05, 4.69) is 45.9 Å². The van der Waals surface area contributed by atoms with Crippen molar-refractivity contribution < 1.29 is 19.1 Å². The Morgan fingerprint density at radius 1 is 0.933 bits per heavy atom. The maximum absolute atomic E-state index is 12.8. The first-order valence-corrected chi connectivity index (χ1v) is 19.5. The largest absolute Gasteiger partial charge is 0.462 e. The summed E-state index contributed by atoms with van der Waals surface area (Å²) in [4.78, 5) is 12.8. The first-order chi connectivity index (χ1) is 24.5. The molecule has 2 nitrogen and oxygen atoms in total.